The van der Waals surface area contributed by atoms with E-state index in [9.17, 15) is 15.0 Å². The summed E-state index contributed by atoms with van der Waals surface area (Å²) in [6.07, 6.45) is 6.50. The number of rotatable bonds is 13. The smallest absolute Gasteiger partial charge is 0.219 e. The Hall–Kier alpha value is -1.95. The number of nitrogens with zero attached hydrogens (tertiary/aromatic N) is 4. The van der Waals surface area contributed by atoms with Gasteiger partial charge in [0.05, 0.1) is 12.4 Å². The molecule has 3 rings (SSSR count). The molecule has 1 aliphatic heterocycles. The highest BCUT2D eigenvalue weighted by Crippen LogP contribution is 2.33. The number of nitrogen functional groups attached to an aromatic ring is 1. The molecule has 2 aromatic heterocycles. The molecule has 2 aromatic rings. The highest BCUT2D eigenvalue weighted by atomic mass is 32.2. The zero-order valence-electron chi connectivity index (χ0n) is 18.5. The van der Waals surface area contributed by atoms with Crippen molar-refractivity contribution in [1.29, 1.82) is 0 Å². The summed E-state index contributed by atoms with van der Waals surface area (Å²) < 4.78 is 7.50. The summed E-state index contributed by atoms with van der Waals surface area (Å²) in [5.41, 5.74) is 6.69. The van der Waals surface area contributed by atoms with Gasteiger partial charge in [-0.15, -0.1) is 0 Å². The van der Waals surface area contributed by atoms with Crippen LogP contribution in [0.15, 0.2) is 12.7 Å². The fourth-order valence-corrected chi connectivity index (χ4v) is 4.76. The van der Waals surface area contributed by atoms with Gasteiger partial charge >= 0.3 is 0 Å². The van der Waals surface area contributed by atoms with Crippen LogP contribution in [0.1, 0.15) is 58.1 Å². The molecule has 178 valence electrons. The van der Waals surface area contributed by atoms with Crippen molar-refractivity contribution in [2.24, 2.45) is 0 Å². The SMILES string of the molecule is CCCCCCCC(=O)NCCCSC[C@H]1O[C@@H](n2cnc3c(N)ncnc32)[C@H](O)[C@@H]1O. The van der Waals surface area contributed by atoms with E-state index in [1.54, 1.807) is 16.3 Å². The van der Waals surface area contributed by atoms with Gasteiger partial charge in [0.15, 0.2) is 17.7 Å². The van der Waals surface area contributed by atoms with E-state index in [2.05, 4.69) is 27.2 Å². The summed E-state index contributed by atoms with van der Waals surface area (Å²) in [6, 6.07) is 0. The van der Waals surface area contributed by atoms with E-state index in [1.165, 1.54) is 31.9 Å². The standard InChI is InChI=1S/C21H34N6O4S/c1-2-3-4-5-6-8-15(28)23-9-7-10-32-11-14-17(29)18(30)21(31-14)27-13-26-16-19(22)24-12-25-20(16)27/h12-14,17-18,21,29-30H,2-11H2,1H3,(H,23,28)(H2,22,24,25)/t14-,17-,18-,21-/m1/s1. The van der Waals surface area contributed by atoms with Crippen molar-refractivity contribution in [2.45, 2.75) is 76.4 Å². The first kappa shape index (κ1) is 24.7. The number of thioether (sulfide) groups is 1. The molecule has 3 heterocycles. The lowest BCUT2D eigenvalue weighted by molar-refractivity contribution is -0.121. The van der Waals surface area contributed by atoms with Crippen LogP contribution in [0, 0.1) is 0 Å². The average molecular weight is 467 g/mol. The quantitative estimate of drug-likeness (QED) is 0.323. The Morgan fingerprint density at radius 3 is 2.81 bits per heavy atom. The molecule has 1 fully saturated rings. The van der Waals surface area contributed by atoms with Crippen LogP contribution >= 0.6 is 11.8 Å². The van der Waals surface area contributed by atoms with Crippen LogP contribution in [-0.4, -0.2) is 72.0 Å². The van der Waals surface area contributed by atoms with Crippen molar-refractivity contribution in [3.63, 3.8) is 0 Å². The molecule has 0 saturated carbocycles. The minimum Gasteiger partial charge on any atom is -0.387 e. The molecule has 5 N–H and O–H groups in total. The molecule has 0 bridgehead atoms. The van der Waals surface area contributed by atoms with Crippen LogP contribution in [-0.2, 0) is 9.53 Å². The highest BCUT2D eigenvalue weighted by molar-refractivity contribution is 7.99. The first-order chi connectivity index (χ1) is 15.5. The Bertz CT molecular complexity index is 866. The fraction of sp³-hybridized carbons (Fsp3) is 0.714. The van der Waals surface area contributed by atoms with Gasteiger partial charge in [0.2, 0.25) is 5.91 Å². The van der Waals surface area contributed by atoms with Crippen LogP contribution in [0.4, 0.5) is 5.82 Å². The van der Waals surface area contributed by atoms with Gasteiger partial charge < -0.3 is 26.0 Å². The van der Waals surface area contributed by atoms with Crippen molar-refractivity contribution >= 4 is 34.7 Å². The van der Waals surface area contributed by atoms with E-state index in [1.807, 2.05) is 0 Å². The van der Waals surface area contributed by atoms with E-state index < -0.39 is 24.5 Å². The first-order valence-corrected chi connectivity index (χ1v) is 12.5. The van der Waals surface area contributed by atoms with Crippen molar-refractivity contribution < 1.29 is 19.7 Å². The molecule has 0 aromatic carbocycles. The lowest BCUT2D eigenvalue weighted by Gasteiger charge is -2.16. The zero-order chi connectivity index (χ0) is 22.9. The average Bonchev–Trinajstić information content (AvgIpc) is 3.33. The molecule has 32 heavy (non-hydrogen) atoms. The Kier molecular flexibility index (Phi) is 9.51. The second kappa shape index (κ2) is 12.3. The Morgan fingerprint density at radius 1 is 1.19 bits per heavy atom. The fourth-order valence-electron chi connectivity index (χ4n) is 3.73. The van der Waals surface area contributed by atoms with Crippen LogP contribution < -0.4 is 11.1 Å². The lowest BCUT2D eigenvalue weighted by atomic mass is 10.1. The number of aliphatic hydroxyl groups excluding tert-OH is 2. The van der Waals surface area contributed by atoms with Crippen LogP contribution in [0.3, 0.4) is 0 Å². The van der Waals surface area contributed by atoms with Gasteiger partial charge in [-0.1, -0.05) is 32.6 Å². The van der Waals surface area contributed by atoms with Gasteiger partial charge in [-0.05, 0) is 18.6 Å². The predicted octanol–water partition coefficient (Wildman–Crippen LogP) is 1.63. The van der Waals surface area contributed by atoms with E-state index in [4.69, 9.17) is 10.5 Å². The number of fused-ring (bicyclic) bond motifs is 1. The van der Waals surface area contributed by atoms with E-state index >= 15 is 0 Å². The number of nitrogens with one attached hydrogen (secondary N) is 1. The van der Waals surface area contributed by atoms with Crippen molar-refractivity contribution in [1.82, 2.24) is 24.8 Å². The summed E-state index contributed by atoms with van der Waals surface area (Å²) in [7, 11) is 0. The summed E-state index contributed by atoms with van der Waals surface area (Å²) in [5, 5.41) is 23.9. The van der Waals surface area contributed by atoms with Crippen molar-refractivity contribution in [2.75, 3.05) is 23.8 Å². The highest BCUT2D eigenvalue weighted by Gasteiger charge is 2.44. The van der Waals surface area contributed by atoms with Crippen LogP contribution in [0.2, 0.25) is 0 Å². The third kappa shape index (κ3) is 6.31. The third-order valence-electron chi connectivity index (χ3n) is 5.58. The number of nitrogens with two attached hydrogens (primary N) is 1. The second-order valence-corrected chi connectivity index (χ2v) is 9.22. The molecular formula is C21H34N6O4S. The number of aliphatic hydroxyl groups is 2. The molecule has 1 saturated heterocycles. The van der Waals surface area contributed by atoms with Gasteiger partial charge in [-0.2, -0.15) is 11.8 Å². The second-order valence-electron chi connectivity index (χ2n) is 8.07. The molecule has 11 heteroatoms. The number of anilines is 1. The van der Waals surface area contributed by atoms with Gasteiger partial charge in [-0.25, -0.2) is 15.0 Å². The Labute approximate surface area is 192 Å². The summed E-state index contributed by atoms with van der Waals surface area (Å²) in [4.78, 5) is 24.1. The topological polar surface area (TPSA) is 148 Å². The van der Waals surface area contributed by atoms with Crippen LogP contribution in [0.25, 0.3) is 11.2 Å². The number of amides is 1. The number of unbranched alkanes of at least 4 members (excludes halogenated alkanes) is 4. The van der Waals surface area contributed by atoms with Crippen LogP contribution in [0.5, 0.6) is 0 Å². The van der Waals surface area contributed by atoms with Crippen molar-refractivity contribution in [3.8, 4) is 0 Å². The Morgan fingerprint density at radius 2 is 2.00 bits per heavy atom. The van der Waals surface area contributed by atoms with E-state index in [0.29, 0.717) is 29.9 Å². The zero-order valence-corrected chi connectivity index (χ0v) is 19.3. The molecular weight excluding hydrogens is 432 g/mol. The summed E-state index contributed by atoms with van der Waals surface area (Å²) in [6.45, 7) is 2.82. The summed E-state index contributed by atoms with van der Waals surface area (Å²) in [5.74, 6) is 1.72. The minimum absolute atomic E-state index is 0.115. The molecule has 10 nitrogen and oxygen atoms in total. The normalized spacial score (nSPS) is 23.1. The number of carbonyl (C=O) groups is 1. The number of ether oxygens (including phenoxy) is 1. The minimum atomic E-state index is -1.11. The maximum absolute atomic E-state index is 11.8. The molecule has 4 atom stereocenters. The van der Waals surface area contributed by atoms with Gasteiger partial charge in [-0.3, -0.25) is 9.36 Å². The molecule has 1 amide bonds. The first-order valence-electron chi connectivity index (χ1n) is 11.3. The van der Waals surface area contributed by atoms with Gasteiger partial charge in [0, 0.05) is 18.7 Å². The molecule has 0 aliphatic carbocycles. The number of imidazole rings is 1. The molecule has 0 spiro atoms. The number of hydrogen-bond acceptors (Lipinski definition) is 9. The third-order valence-corrected chi connectivity index (χ3v) is 6.72. The van der Waals surface area contributed by atoms with Crippen molar-refractivity contribution in [3.05, 3.63) is 12.7 Å². The van der Waals surface area contributed by atoms with Gasteiger partial charge in [0.1, 0.15) is 24.1 Å². The van der Waals surface area contributed by atoms with E-state index in [0.717, 1.165) is 25.0 Å². The number of aromatic nitrogens is 4. The lowest BCUT2D eigenvalue weighted by Crippen LogP contribution is -2.32. The largest absolute Gasteiger partial charge is 0.387 e. The Balaban J connectivity index is 1.36. The number of hydrogen-bond donors (Lipinski definition) is 4. The molecule has 0 unspecified atom stereocenters. The maximum atomic E-state index is 11.8. The van der Waals surface area contributed by atoms with E-state index in [-0.39, 0.29) is 11.7 Å². The number of carbonyl (C=O) groups excluding carboxylic acids is 1. The van der Waals surface area contributed by atoms with Gasteiger partial charge in [0.25, 0.3) is 0 Å². The monoisotopic (exact) mass is 466 g/mol. The molecule has 0 radical (unpaired) electrons. The molecule has 1 aliphatic rings. The predicted molar refractivity (Wildman–Crippen MR) is 124 cm³/mol. The maximum Gasteiger partial charge on any atom is 0.219 e. The summed E-state index contributed by atoms with van der Waals surface area (Å²) >= 11 is 1.62.